The summed E-state index contributed by atoms with van der Waals surface area (Å²) >= 11 is 4.28. The third-order valence-electron chi connectivity index (χ3n) is 6.16. The zero-order chi connectivity index (χ0) is 25.7. The zero-order valence-electron chi connectivity index (χ0n) is 19.3. The maximum absolute atomic E-state index is 13.4. The van der Waals surface area contributed by atoms with E-state index in [0.29, 0.717) is 34.8 Å². The molecule has 9 nitrogen and oxygen atoms in total. The quantitative estimate of drug-likeness (QED) is 0.201. The van der Waals surface area contributed by atoms with Crippen LogP contribution in [0.15, 0.2) is 48.5 Å². The second kappa shape index (κ2) is 9.21. The van der Waals surface area contributed by atoms with Gasteiger partial charge in [-0.15, -0.1) is 34.0 Å². The molecule has 0 fully saturated rings. The second-order valence-electron chi connectivity index (χ2n) is 8.38. The highest BCUT2D eigenvalue weighted by molar-refractivity contribution is 7.23. The molecule has 1 aliphatic heterocycles. The van der Waals surface area contributed by atoms with Gasteiger partial charge in [0, 0.05) is 39.2 Å². The van der Waals surface area contributed by atoms with Crippen molar-refractivity contribution in [2.75, 3.05) is 19.0 Å². The number of nitrogens with one attached hydrogen (secondary N) is 1. The fraction of sp³-hybridized carbons (Fsp3) is 0.160. The number of hydrogen-bond donors (Lipinski definition) is 1. The number of para-hydroxylation sites is 1. The first kappa shape index (κ1) is 23.5. The minimum absolute atomic E-state index is 0.0172. The molecule has 0 aliphatic carbocycles. The number of ether oxygens (including phenoxy) is 1. The molecular weight excluding hydrogens is 532 g/mol. The minimum Gasteiger partial charge on any atom is -0.453 e. The largest absolute Gasteiger partial charge is 0.453 e. The lowest BCUT2D eigenvalue weighted by molar-refractivity contribution is -0.384. The molecule has 2 aromatic carbocycles. The predicted octanol–water partition coefficient (Wildman–Crippen LogP) is 6.52. The second-order valence-corrected chi connectivity index (χ2v) is 11.6. The highest BCUT2D eigenvalue weighted by Crippen LogP contribution is 2.46. The van der Waals surface area contributed by atoms with Gasteiger partial charge in [-0.1, -0.05) is 12.1 Å². The molecule has 4 heterocycles. The monoisotopic (exact) mass is 550 g/mol. The van der Waals surface area contributed by atoms with E-state index in [1.165, 1.54) is 41.9 Å². The normalized spacial score (nSPS) is 13.1. The first-order valence-electron chi connectivity index (χ1n) is 11.2. The molecule has 1 N–H and O–H groups in total. The number of rotatable bonds is 4. The number of anilines is 1. The summed E-state index contributed by atoms with van der Waals surface area (Å²) in [5, 5.41) is 16.3. The Labute approximate surface area is 222 Å². The van der Waals surface area contributed by atoms with Crippen molar-refractivity contribution in [1.82, 2.24) is 9.88 Å². The number of benzene rings is 2. The highest BCUT2D eigenvalue weighted by atomic mass is 32.1. The Balaban J connectivity index is 1.39. The van der Waals surface area contributed by atoms with E-state index < -0.39 is 4.92 Å². The lowest BCUT2D eigenvalue weighted by Gasteiger charge is -2.25. The third kappa shape index (κ3) is 4.22. The molecule has 5 aromatic rings. The number of aromatic nitrogens is 1. The average Bonchev–Trinajstić information content (AvgIpc) is 3.61. The number of non-ortho nitro benzene ring substituents is 1. The molecule has 0 bridgehead atoms. The van der Waals surface area contributed by atoms with Crippen LogP contribution >= 0.6 is 34.0 Å². The van der Waals surface area contributed by atoms with Crippen molar-refractivity contribution in [1.29, 1.82) is 0 Å². The van der Waals surface area contributed by atoms with Crippen molar-refractivity contribution < 1.29 is 19.2 Å². The number of nitro groups is 1. The first-order valence-corrected chi connectivity index (χ1v) is 13.7. The molecule has 0 saturated heterocycles. The maximum Gasteiger partial charge on any atom is 0.409 e. The molecule has 3 aromatic heterocycles. The standard InChI is InChI=1S/C25H18N4O5S3/c1-34-25(31)28-9-8-15-20(12-28)37-24(21(15)23-26-16-4-2-3-5-18(16)36-23)27-22(30)19-11-13-10-14(29(32)33)6-7-17(13)35-19/h2-7,10-11H,8-9,12H2,1H3,(H,27,30). The molecule has 1 aliphatic rings. The molecule has 0 spiro atoms. The fourth-order valence-corrected chi connectivity index (χ4v) is 7.71. The number of thiazole rings is 1. The maximum atomic E-state index is 13.4. The number of methoxy groups -OCH3 is 1. The summed E-state index contributed by atoms with van der Waals surface area (Å²) in [6, 6.07) is 14.1. The van der Waals surface area contributed by atoms with E-state index in [9.17, 15) is 19.7 Å². The van der Waals surface area contributed by atoms with E-state index in [-0.39, 0.29) is 17.7 Å². The Morgan fingerprint density at radius 2 is 1.95 bits per heavy atom. The van der Waals surface area contributed by atoms with Gasteiger partial charge < -0.3 is 15.0 Å². The molecule has 0 unspecified atom stereocenters. The zero-order valence-corrected chi connectivity index (χ0v) is 21.8. The van der Waals surface area contributed by atoms with Crippen LogP contribution in [0, 0.1) is 10.1 Å². The van der Waals surface area contributed by atoms with Gasteiger partial charge >= 0.3 is 6.09 Å². The van der Waals surface area contributed by atoms with Crippen LogP contribution in [0.5, 0.6) is 0 Å². The van der Waals surface area contributed by atoms with Gasteiger partial charge in [-0.3, -0.25) is 14.9 Å². The van der Waals surface area contributed by atoms with Crippen molar-refractivity contribution in [3.63, 3.8) is 0 Å². The van der Waals surface area contributed by atoms with Crippen LogP contribution in [0.4, 0.5) is 15.5 Å². The van der Waals surface area contributed by atoms with E-state index in [2.05, 4.69) is 5.32 Å². The van der Waals surface area contributed by atoms with Crippen LogP contribution in [0.3, 0.4) is 0 Å². The molecular formula is C25H18N4O5S3. The fourth-order valence-electron chi connectivity index (χ4n) is 4.40. The van der Waals surface area contributed by atoms with Crippen molar-refractivity contribution in [2.24, 2.45) is 0 Å². The average molecular weight is 551 g/mol. The Kier molecular flexibility index (Phi) is 5.86. The summed E-state index contributed by atoms with van der Waals surface area (Å²) in [4.78, 5) is 44.1. The minimum atomic E-state index is -0.449. The number of hydrogen-bond acceptors (Lipinski definition) is 9. The number of nitrogens with zero attached hydrogens (tertiary/aromatic N) is 3. The smallest absolute Gasteiger partial charge is 0.409 e. The van der Waals surface area contributed by atoms with Crippen molar-refractivity contribution in [3.8, 4) is 10.6 Å². The van der Waals surface area contributed by atoms with Gasteiger partial charge in [0.25, 0.3) is 11.6 Å². The van der Waals surface area contributed by atoms with Crippen LogP contribution in [0.1, 0.15) is 20.1 Å². The van der Waals surface area contributed by atoms with Gasteiger partial charge in [0.15, 0.2) is 0 Å². The van der Waals surface area contributed by atoms with Crippen LogP contribution in [0.25, 0.3) is 30.9 Å². The number of amides is 2. The molecule has 0 atom stereocenters. The number of nitro benzene ring substituents is 1. The Morgan fingerprint density at radius 1 is 1.11 bits per heavy atom. The summed E-state index contributed by atoms with van der Waals surface area (Å²) in [7, 11) is 1.37. The van der Waals surface area contributed by atoms with Crippen LogP contribution in [0.2, 0.25) is 0 Å². The SMILES string of the molecule is COC(=O)N1CCc2c(sc(NC(=O)c3cc4cc([N+](=O)[O-])ccc4s3)c2-c2nc3ccccc3s2)C1. The van der Waals surface area contributed by atoms with Gasteiger partial charge in [0.2, 0.25) is 0 Å². The van der Waals surface area contributed by atoms with Gasteiger partial charge in [-0.25, -0.2) is 9.78 Å². The van der Waals surface area contributed by atoms with E-state index in [1.807, 2.05) is 24.3 Å². The van der Waals surface area contributed by atoms with Crippen LogP contribution in [-0.2, 0) is 17.7 Å². The molecule has 0 saturated carbocycles. The molecule has 0 radical (unpaired) electrons. The van der Waals surface area contributed by atoms with Gasteiger partial charge in [-0.05, 0) is 36.2 Å². The molecule has 2 amide bonds. The summed E-state index contributed by atoms with van der Waals surface area (Å²) in [6.07, 6.45) is 0.236. The lowest BCUT2D eigenvalue weighted by atomic mass is 10.0. The Hall–Kier alpha value is -3.87. The molecule has 6 rings (SSSR count). The van der Waals surface area contributed by atoms with Gasteiger partial charge in [0.05, 0.1) is 33.7 Å². The van der Waals surface area contributed by atoms with Gasteiger partial charge in [-0.2, -0.15) is 0 Å². The number of fused-ring (bicyclic) bond motifs is 3. The summed E-state index contributed by atoms with van der Waals surface area (Å²) in [5.41, 5.74) is 2.83. The molecule has 186 valence electrons. The molecule has 12 heteroatoms. The van der Waals surface area contributed by atoms with Crippen molar-refractivity contribution in [3.05, 3.63) is 74.0 Å². The topological polar surface area (TPSA) is 115 Å². The van der Waals surface area contributed by atoms with Crippen LogP contribution < -0.4 is 5.32 Å². The van der Waals surface area contributed by atoms with Crippen molar-refractivity contribution >= 4 is 77.0 Å². The molecule has 37 heavy (non-hydrogen) atoms. The third-order valence-corrected chi connectivity index (χ3v) is 9.46. The number of thiophene rings is 2. The van der Waals surface area contributed by atoms with Crippen molar-refractivity contribution in [2.45, 2.75) is 13.0 Å². The first-order chi connectivity index (χ1) is 17.9. The van der Waals surface area contributed by atoms with E-state index in [4.69, 9.17) is 9.72 Å². The lowest BCUT2D eigenvalue weighted by Crippen LogP contribution is -2.35. The predicted molar refractivity (Wildman–Crippen MR) is 146 cm³/mol. The van der Waals surface area contributed by atoms with E-state index in [1.54, 1.807) is 28.4 Å². The number of carbonyl (C=O) groups excluding carboxylic acids is 2. The van der Waals surface area contributed by atoms with Crippen LogP contribution in [-0.4, -0.2) is 40.5 Å². The Morgan fingerprint density at radius 3 is 2.73 bits per heavy atom. The highest BCUT2D eigenvalue weighted by Gasteiger charge is 2.30. The van der Waals surface area contributed by atoms with E-state index >= 15 is 0 Å². The number of carbonyl (C=O) groups is 2. The summed E-state index contributed by atoms with van der Waals surface area (Å²) in [6.45, 7) is 0.907. The Bertz CT molecular complexity index is 1690. The van der Waals surface area contributed by atoms with E-state index in [0.717, 1.165) is 35.9 Å². The summed E-state index contributed by atoms with van der Waals surface area (Å²) in [5.74, 6) is -0.297. The van der Waals surface area contributed by atoms with Gasteiger partial charge in [0.1, 0.15) is 10.0 Å². The summed E-state index contributed by atoms with van der Waals surface area (Å²) < 4.78 is 6.75.